The highest BCUT2D eigenvalue weighted by Crippen LogP contribution is 2.30. The summed E-state index contributed by atoms with van der Waals surface area (Å²) in [6.45, 7) is 11.2. The van der Waals surface area contributed by atoms with Gasteiger partial charge in [-0.25, -0.2) is 4.98 Å². The van der Waals surface area contributed by atoms with Gasteiger partial charge in [0, 0.05) is 24.8 Å². The Morgan fingerprint density at radius 3 is 2.74 bits per heavy atom. The predicted octanol–water partition coefficient (Wildman–Crippen LogP) is 2.98. The van der Waals surface area contributed by atoms with Crippen molar-refractivity contribution < 1.29 is 0 Å². The van der Waals surface area contributed by atoms with E-state index < -0.39 is 0 Å². The minimum absolute atomic E-state index is 0.577. The molecule has 1 aromatic heterocycles. The number of anilines is 1. The molecule has 3 unspecified atom stereocenters. The largest absolute Gasteiger partial charge is 0.353 e. The second kappa shape index (κ2) is 5.91. The molecule has 0 bridgehead atoms. The van der Waals surface area contributed by atoms with Crippen LogP contribution in [0.2, 0.25) is 0 Å². The molecule has 3 nitrogen and oxygen atoms in total. The molecule has 1 N–H and O–H groups in total. The third-order valence-electron chi connectivity index (χ3n) is 4.27. The van der Waals surface area contributed by atoms with Gasteiger partial charge in [-0.2, -0.15) is 0 Å². The lowest BCUT2D eigenvalue weighted by Gasteiger charge is -2.42. The number of piperidine rings is 1. The zero-order valence-corrected chi connectivity index (χ0v) is 12.9. The number of aryl methyl sites for hydroxylation is 1. The average molecular weight is 261 g/mol. The fourth-order valence-electron chi connectivity index (χ4n) is 3.19. The molecular formula is C16H27N3. The summed E-state index contributed by atoms with van der Waals surface area (Å²) in [5.74, 6) is 2.64. The van der Waals surface area contributed by atoms with Crippen molar-refractivity contribution >= 4 is 5.82 Å². The predicted molar refractivity (Wildman–Crippen MR) is 81.5 cm³/mol. The number of nitrogens with one attached hydrogen (secondary N) is 1. The van der Waals surface area contributed by atoms with Gasteiger partial charge in [0.1, 0.15) is 5.82 Å². The fraction of sp³-hybridized carbons (Fsp3) is 0.688. The van der Waals surface area contributed by atoms with Crippen molar-refractivity contribution in [3.8, 4) is 0 Å². The highest BCUT2D eigenvalue weighted by Gasteiger charge is 2.29. The van der Waals surface area contributed by atoms with Crippen LogP contribution >= 0.6 is 0 Å². The van der Waals surface area contributed by atoms with Crippen LogP contribution < -0.4 is 10.2 Å². The van der Waals surface area contributed by atoms with E-state index in [2.05, 4.69) is 50.0 Å². The lowest BCUT2D eigenvalue weighted by atomic mass is 9.86. The zero-order valence-electron chi connectivity index (χ0n) is 12.9. The monoisotopic (exact) mass is 261 g/mol. The maximum Gasteiger partial charge on any atom is 0.129 e. The van der Waals surface area contributed by atoms with E-state index in [4.69, 9.17) is 4.98 Å². The number of nitrogens with zero attached hydrogens (tertiary/aromatic N) is 2. The van der Waals surface area contributed by atoms with Crippen LogP contribution in [0.25, 0.3) is 0 Å². The van der Waals surface area contributed by atoms with Crippen LogP contribution in [0.1, 0.15) is 38.4 Å². The Morgan fingerprint density at radius 2 is 2.05 bits per heavy atom. The molecule has 2 rings (SSSR count). The van der Waals surface area contributed by atoms with Gasteiger partial charge in [0.2, 0.25) is 0 Å². The molecule has 0 saturated carbocycles. The molecule has 1 aliphatic heterocycles. The van der Waals surface area contributed by atoms with Gasteiger partial charge in [-0.15, -0.1) is 0 Å². The quantitative estimate of drug-likeness (QED) is 0.906. The molecule has 1 aliphatic rings. The third kappa shape index (κ3) is 3.27. The van der Waals surface area contributed by atoms with E-state index in [0.717, 1.165) is 36.4 Å². The van der Waals surface area contributed by atoms with Crippen LogP contribution in [-0.2, 0) is 6.54 Å². The van der Waals surface area contributed by atoms with Crippen molar-refractivity contribution in [1.29, 1.82) is 0 Å². The maximum atomic E-state index is 4.76. The first-order valence-corrected chi connectivity index (χ1v) is 7.40. The molecule has 0 aromatic carbocycles. The SMILES string of the molecule is CNCc1cc(C)nc(N2CC(C)CC(C)C2C)c1. The highest BCUT2D eigenvalue weighted by molar-refractivity contribution is 5.44. The molecule has 1 saturated heterocycles. The Hall–Kier alpha value is -1.09. The van der Waals surface area contributed by atoms with Crippen LogP contribution in [-0.4, -0.2) is 24.6 Å². The molecule has 106 valence electrons. The van der Waals surface area contributed by atoms with Crippen molar-refractivity contribution in [3.05, 3.63) is 23.4 Å². The highest BCUT2D eigenvalue weighted by atomic mass is 15.2. The smallest absolute Gasteiger partial charge is 0.129 e. The molecule has 2 heterocycles. The van der Waals surface area contributed by atoms with Crippen molar-refractivity contribution in [3.63, 3.8) is 0 Å². The third-order valence-corrected chi connectivity index (χ3v) is 4.27. The van der Waals surface area contributed by atoms with Gasteiger partial charge < -0.3 is 10.2 Å². The lowest BCUT2D eigenvalue weighted by molar-refractivity contribution is 0.295. The van der Waals surface area contributed by atoms with Gasteiger partial charge in [0.25, 0.3) is 0 Å². The molecule has 0 aliphatic carbocycles. The molecular weight excluding hydrogens is 234 g/mol. The molecule has 3 atom stereocenters. The van der Waals surface area contributed by atoms with E-state index in [1.807, 2.05) is 7.05 Å². The minimum Gasteiger partial charge on any atom is -0.353 e. The number of rotatable bonds is 3. The second-order valence-corrected chi connectivity index (χ2v) is 6.22. The number of pyridine rings is 1. The second-order valence-electron chi connectivity index (χ2n) is 6.22. The van der Waals surface area contributed by atoms with Crippen molar-refractivity contribution in [1.82, 2.24) is 10.3 Å². The Balaban J connectivity index is 2.28. The number of hydrogen-bond donors (Lipinski definition) is 1. The van der Waals surface area contributed by atoms with E-state index in [9.17, 15) is 0 Å². The van der Waals surface area contributed by atoms with E-state index in [1.54, 1.807) is 0 Å². The Labute approximate surface area is 117 Å². The first kappa shape index (κ1) is 14.3. The van der Waals surface area contributed by atoms with E-state index in [1.165, 1.54) is 12.0 Å². The zero-order chi connectivity index (χ0) is 14.0. The summed E-state index contributed by atoms with van der Waals surface area (Å²) in [5.41, 5.74) is 2.43. The van der Waals surface area contributed by atoms with Crippen molar-refractivity contribution in [2.24, 2.45) is 11.8 Å². The van der Waals surface area contributed by atoms with Gasteiger partial charge in [0.05, 0.1) is 0 Å². The van der Waals surface area contributed by atoms with Crippen molar-refractivity contribution in [2.75, 3.05) is 18.5 Å². The summed E-state index contributed by atoms with van der Waals surface area (Å²) in [5, 5.41) is 3.22. The normalized spacial score (nSPS) is 27.6. The van der Waals surface area contributed by atoms with Crippen LogP contribution in [0, 0.1) is 18.8 Å². The van der Waals surface area contributed by atoms with Crippen LogP contribution in [0.3, 0.4) is 0 Å². The van der Waals surface area contributed by atoms with Crippen LogP contribution in [0.15, 0.2) is 12.1 Å². The van der Waals surface area contributed by atoms with E-state index in [0.29, 0.717) is 6.04 Å². The fourth-order valence-corrected chi connectivity index (χ4v) is 3.19. The first-order chi connectivity index (χ1) is 9.01. The Bertz CT molecular complexity index is 430. The number of hydrogen-bond acceptors (Lipinski definition) is 3. The minimum atomic E-state index is 0.577. The van der Waals surface area contributed by atoms with Gasteiger partial charge in [-0.05, 0) is 56.8 Å². The molecule has 0 spiro atoms. The summed E-state index contributed by atoms with van der Waals surface area (Å²) in [6.07, 6.45) is 1.33. The van der Waals surface area contributed by atoms with Gasteiger partial charge in [0.15, 0.2) is 0 Å². The lowest BCUT2D eigenvalue weighted by Crippen LogP contribution is -2.46. The molecule has 0 amide bonds. The average Bonchev–Trinajstić information content (AvgIpc) is 2.33. The van der Waals surface area contributed by atoms with Crippen LogP contribution in [0.5, 0.6) is 0 Å². The summed E-state index contributed by atoms with van der Waals surface area (Å²) in [6, 6.07) is 4.99. The molecule has 1 aromatic rings. The number of aromatic nitrogens is 1. The summed E-state index contributed by atoms with van der Waals surface area (Å²) >= 11 is 0. The standard InChI is InChI=1S/C16H27N3/c1-11-6-12(2)14(4)19(10-11)16-8-15(9-17-5)7-13(3)18-16/h7-8,11-12,14,17H,6,9-10H2,1-5H3. The molecule has 3 heteroatoms. The van der Waals surface area contributed by atoms with E-state index >= 15 is 0 Å². The van der Waals surface area contributed by atoms with Crippen molar-refractivity contribution in [2.45, 2.75) is 46.7 Å². The topological polar surface area (TPSA) is 28.2 Å². The Kier molecular flexibility index (Phi) is 4.46. The maximum absolute atomic E-state index is 4.76. The summed E-state index contributed by atoms with van der Waals surface area (Å²) in [7, 11) is 1.99. The summed E-state index contributed by atoms with van der Waals surface area (Å²) < 4.78 is 0. The van der Waals surface area contributed by atoms with Gasteiger partial charge in [-0.1, -0.05) is 13.8 Å². The summed E-state index contributed by atoms with van der Waals surface area (Å²) in [4.78, 5) is 7.25. The molecule has 0 radical (unpaired) electrons. The Morgan fingerprint density at radius 1 is 1.32 bits per heavy atom. The molecule has 1 fully saturated rings. The molecule has 19 heavy (non-hydrogen) atoms. The first-order valence-electron chi connectivity index (χ1n) is 7.40. The van der Waals surface area contributed by atoms with Crippen LogP contribution in [0.4, 0.5) is 5.82 Å². The van der Waals surface area contributed by atoms with Gasteiger partial charge >= 0.3 is 0 Å². The van der Waals surface area contributed by atoms with E-state index in [-0.39, 0.29) is 0 Å². The van der Waals surface area contributed by atoms with Gasteiger partial charge in [-0.3, -0.25) is 0 Å².